The van der Waals surface area contributed by atoms with Crippen molar-refractivity contribution in [1.29, 1.82) is 0 Å². The molecule has 11 nitrogen and oxygen atoms in total. The number of carbonyl (C=O) groups excluding carboxylic acids is 1. The van der Waals surface area contributed by atoms with Gasteiger partial charge in [0.15, 0.2) is 5.76 Å². The number of rotatable bonds is 8. The second kappa shape index (κ2) is 10.1. The van der Waals surface area contributed by atoms with Crippen molar-refractivity contribution < 1.29 is 23.8 Å². The summed E-state index contributed by atoms with van der Waals surface area (Å²) in [5.74, 6) is -0.131. The number of nitrogens with zero attached hydrogens (tertiary/aromatic N) is 3. The number of fused-ring (bicyclic) bond motifs is 1. The smallest absolute Gasteiger partial charge is 0.307 e. The lowest BCUT2D eigenvalue weighted by Gasteiger charge is -2.09. The molecule has 4 aromatic rings. The van der Waals surface area contributed by atoms with Crippen molar-refractivity contribution in [2.24, 2.45) is 5.10 Å². The van der Waals surface area contributed by atoms with E-state index < -0.39 is 15.8 Å². The van der Waals surface area contributed by atoms with E-state index in [-0.39, 0.29) is 23.7 Å². The van der Waals surface area contributed by atoms with Crippen molar-refractivity contribution in [2.75, 3.05) is 0 Å². The number of nitro benzene ring substituents is 2. The monoisotopic (exact) mass is 538 g/mol. The molecule has 1 amide bonds. The van der Waals surface area contributed by atoms with Crippen molar-refractivity contribution in [1.82, 2.24) is 5.43 Å². The minimum Gasteiger partial charge on any atom is -0.488 e. The molecule has 0 saturated heterocycles. The van der Waals surface area contributed by atoms with E-state index >= 15 is 0 Å². The first-order valence-electron chi connectivity index (χ1n) is 9.97. The molecular weight excluding hydrogens is 524 g/mol. The summed E-state index contributed by atoms with van der Waals surface area (Å²) in [5, 5.41) is 26.1. The summed E-state index contributed by atoms with van der Waals surface area (Å²) in [7, 11) is 0. The zero-order valence-corrected chi connectivity index (χ0v) is 19.3. The van der Waals surface area contributed by atoms with Crippen LogP contribution in [0.1, 0.15) is 21.7 Å². The van der Waals surface area contributed by atoms with Crippen LogP contribution < -0.4 is 10.2 Å². The molecule has 0 spiro atoms. The third kappa shape index (κ3) is 5.68. The average molecular weight is 539 g/mol. The molecule has 4 rings (SSSR count). The highest BCUT2D eigenvalue weighted by Crippen LogP contribution is 2.27. The predicted octanol–water partition coefficient (Wildman–Crippen LogP) is 5.35. The van der Waals surface area contributed by atoms with Crippen LogP contribution in [0.2, 0.25) is 0 Å². The van der Waals surface area contributed by atoms with Gasteiger partial charge in [0.2, 0.25) is 0 Å². The summed E-state index contributed by atoms with van der Waals surface area (Å²) in [6.45, 7) is 0.143. The molecule has 0 fully saturated rings. The van der Waals surface area contributed by atoms with Crippen LogP contribution in [0.25, 0.3) is 11.0 Å². The summed E-state index contributed by atoms with van der Waals surface area (Å²) in [6.07, 6.45) is 1.42. The standard InChI is InChI=1S/C23H15BrN4O7/c24-19-9-14(4-6-21(19)34-13-15-2-1-3-17(8-15)27(30)31)12-25-26-23(29)22-11-16-10-18(28(32)33)5-7-20(16)35-22/h1-12H,13H2,(H,26,29)/b25-12+. The molecule has 0 saturated carbocycles. The molecule has 35 heavy (non-hydrogen) atoms. The van der Waals surface area contributed by atoms with E-state index in [9.17, 15) is 25.0 Å². The number of halogens is 1. The van der Waals surface area contributed by atoms with Crippen molar-refractivity contribution in [3.8, 4) is 5.75 Å². The highest BCUT2D eigenvalue weighted by molar-refractivity contribution is 9.10. The Labute approximate surface area is 205 Å². The zero-order valence-electron chi connectivity index (χ0n) is 17.7. The van der Waals surface area contributed by atoms with E-state index in [4.69, 9.17) is 9.15 Å². The maximum Gasteiger partial charge on any atom is 0.307 e. The third-order valence-electron chi connectivity index (χ3n) is 4.79. The van der Waals surface area contributed by atoms with E-state index in [0.29, 0.717) is 32.3 Å². The number of furan rings is 1. The number of amides is 1. The first kappa shape index (κ1) is 23.6. The largest absolute Gasteiger partial charge is 0.488 e. The summed E-state index contributed by atoms with van der Waals surface area (Å²) >= 11 is 3.41. The van der Waals surface area contributed by atoms with Crippen molar-refractivity contribution in [2.45, 2.75) is 6.61 Å². The van der Waals surface area contributed by atoms with E-state index in [1.165, 1.54) is 42.6 Å². The fourth-order valence-electron chi connectivity index (χ4n) is 3.11. The Morgan fingerprint density at radius 3 is 2.54 bits per heavy atom. The van der Waals surface area contributed by atoms with Gasteiger partial charge in [-0.3, -0.25) is 25.0 Å². The molecule has 176 valence electrons. The van der Waals surface area contributed by atoms with Crippen molar-refractivity contribution in [3.05, 3.63) is 108 Å². The molecule has 0 unspecified atom stereocenters. The summed E-state index contributed by atoms with van der Waals surface area (Å²) < 4.78 is 11.8. The van der Waals surface area contributed by atoms with Crippen LogP contribution >= 0.6 is 15.9 Å². The minimum absolute atomic E-state index is 0.0114. The van der Waals surface area contributed by atoms with Gasteiger partial charge in [-0.05, 0) is 57.4 Å². The molecule has 0 aliphatic rings. The number of hydrogen-bond donors (Lipinski definition) is 1. The van der Waals surface area contributed by atoms with Gasteiger partial charge < -0.3 is 9.15 Å². The number of nitrogens with one attached hydrogen (secondary N) is 1. The topological polar surface area (TPSA) is 150 Å². The van der Waals surface area contributed by atoms with E-state index in [0.717, 1.165) is 0 Å². The fourth-order valence-corrected chi connectivity index (χ4v) is 3.62. The molecule has 12 heteroatoms. The van der Waals surface area contributed by atoms with E-state index in [2.05, 4.69) is 26.5 Å². The average Bonchev–Trinajstić information content (AvgIpc) is 3.27. The van der Waals surface area contributed by atoms with E-state index in [1.54, 1.807) is 30.3 Å². The Hall–Kier alpha value is -4.58. The van der Waals surface area contributed by atoms with Gasteiger partial charge in [-0.25, -0.2) is 5.43 Å². The van der Waals surface area contributed by atoms with Gasteiger partial charge >= 0.3 is 5.91 Å². The second-order valence-electron chi connectivity index (χ2n) is 7.19. The van der Waals surface area contributed by atoms with Gasteiger partial charge in [0.1, 0.15) is 17.9 Å². The number of ether oxygens (including phenoxy) is 1. The van der Waals surface area contributed by atoms with Gasteiger partial charge in [-0.15, -0.1) is 0 Å². The molecule has 1 N–H and O–H groups in total. The Morgan fingerprint density at radius 2 is 1.80 bits per heavy atom. The highest BCUT2D eigenvalue weighted by atomic mass is 79.9. The first-order chi connectivity index (χ1) is 16.8. The Morgan fingerprint density at radius 1 is 1.03 bits per heavy atom. The second-order valence-corrected chi connectivity index (χ2v) is 8.05. The number of hydrazone groups is 1. The Bertz CT molecular complexity index is 1480. The lowest BCUT2D eigenvalue weighted by molar-refractivity contribution is -0.385. The van der Waals surface area contributed by atoms with Crippen LogP contribution in [0, 0.1) is 20.2 Å². The number of hydrogen-bond acceptors (Lipinski definition) is 8. The molecule has 1 aromatic heterocycles. The maximum absolute atomic E-state index is 12.3. The van der Waals surface area contributed by atoms with Gasteiger partial charge in [0.25, 0.3) is 11.4 Å². The molecule has 0 atom stereocenters. The molecule has 0 aliphatic heterocycles. The normalized spacial score (nSPS) is 11.0. The highest BCUT2D eigenvalue weighted by Gasteiger charge is 2.14. The molecule has 3 aromatic carbocycles. The molecule has 0 radical (unpaired) electrons. The number of carbonyl (C=O) groups is 1. The fraction of sp³-hybridized carbons (Fsp3) is 0.0435. The number of non-ortho nitro benzene ring substituents is 2. The van der Waals surface area contributed by atoms with Crippen molar-refractivity contribution in [3.63, 3.8) is 0 Å². The van der Waals surface area contributed by atoms with Crippen LogP contribution in [-0.4, -0.2) is 22.0 Å². The lowest BCUT2D eigenvalue weighted by Crippen LogP contribution is -2.16. The summed E-state index contributed by atoms with van der Waals surface area (Å²) in [6, 6.07) is 16.7. The van der Waals surface area contributed by atoms with Gasteiger partial charge in [-0.1, -0.05) is 12.1 Å². The van der Waals surface area contributed by atoms with Gasteiger partial charge in [0.05, 0.1) is 20.5 Å². The molecule has 0 aliphatic carbocycles. The third-order valence-corrected chi connectivity index (χ3v) is 5.41. The predicted molar refractivity (Wildman–Crippen MR) is 129 cm³/mol. The summed E-state index contributed by atoms with van der Waals surface area (Å²) in [5.41, 5.74) is 3.87. The zero-order chi connectivity index (χ0) is 24.9. The maximum atomic E-state index is 12.3. The molecule has 1 heterocycles. The number of benzene rings is 3. The quantitative estimate of drug-likeness (QED) is 0.180. The van der Waals surface area contributed by atoms with Crippen LogP contribution in [-0.2, 0) is 6.61 Å². The first-order valence-corrected chi connectivity index (χ1v) is 10.8. The SMILES string of the molecule is O=C(N/N=C/c1ccc(OCc2cccc([N+](=O)[O-])c2)c(Br)c1)c1cc2cc([N+](=O)[O-])ccc2o1. The Kier molecular flexibility index (Phi) is 6.83. The number of nitro groups is 2. The van der Waals surface area contributed by atoms with E-state index in [1.807, 2.05) is 0 Å². The molecular formula is C23H15BrN4O7. The van der Waals surface area contributed by atoms with Crippen molar-refractivity contribution >= 4 is 50.4 Å². The van der Waals surface area contributed by atoms with Crippen LogP contribution in [0.5, 0.6) is 5.75 Å². The summed E-state index contributed by atoms with van der Waals surface area (Å²) in [4.78, 5) is 33.1. The van der Waals surface area contributed by atoms with Crippen LogP contribution in [0.15, 0.2) is 80.7 Å². The lowest BCUT2D eigenvalue weighted by atomic mass is 10.2. The molecule has 0 bridgehead atoms. The van der Waals surface area contributed by atoms with Crippen LogP contribution in [0.3, 0.4) is 0 Å². The Balaban J connectivity index is 1.37. The van der Waals surface area contributed by atoms with Crippen LogP contribution in [0.4, 0.5) is 11.4 Å². The van der Waals surface area contributed by atoms with Gasteiger partial charge in [-0.2, -0.15) is 5.10 Å². The van der Waals surface area contributed by atoms with Gasteiger partial charge in [0, 0.05) is 29.7 Å². The minimum atomic E-state index is -0.615.